The van der Waals surface area contributed by atoms with Gasteiger partial charge in [0.2, 0.25) is 0 Å². The highest BCUT2D eigenvalue weighted by Crippen LogP contribution is 2.36. The fraction of sp³-hybridized carbons (Fsp3) is 0.450. The van der Waals surface area contributed by atoms with Crippen molar-refractivity contribution in [2.24, 2.45) is 0 Å². The zero-order valence-corrected chi connectivity index (χ0v) is 18.0. The number of ether oxygens (including phenoxy) is 2. The van der Waals surface area contributed by atoms with Crippen molar-refractivity contribution in [3.8, 4) is 22.6 Å². The molecule has 2 aromatic heterocycles. The first-order valence-electron chi connectivity index (χ1n) is 9.48. The summed E-state index contributed by atoms with van der Waals surface area (Å²) < 4.78 is 12.6. The van der Waals surface area contributed by atoms with Gasteiger partial charge in [0.05, 0.1) is 14.2 Å². The van der Waals surface area contributed by atoms with Crippen LogP contribution in [0.5, 0.6) is 11.5 Å². The van der Waals surface area contributed by atoms with Crippen LogP contribution in [-0.2, 0) is 0 Å². The van der Waals surface area contributed by atoms with E-state index in [1.807, 2.05) is 36.2 Å². The Bertz CT molecular complexity index is 1000. The third kappa shape index (κ3) is 3.60. The highest BCUT2D eigenvalue weighted by molar-refractivity contribution is 7.99. The van der Waals surface area contributed by atoms with Crippen molar-refractivity contribution >= 4 is 23.4 Å². The van der Waals surface area contributed by atoms with Gasteiger partial charge in [0.1, 0.15) is 12.1 Å². The molecular weight excluding hydrogens is 388 g/mol. The number of fused-ring (bicyclic) bond motifs is 1. The first-order chi connectivity index (χ1) is 14.1. The number of hydrogen-bond acceptors (Lipinski definition) is 8. The number of hydrogen-bond donors (Lipinski definition) is 1. The summed E-state index contributed by atoms with van der Waals surface area (Å²) in [5, 5.41) is 8.06. The van der Waals surface area contributed by atoms with Gasteiger partial charge in [-0.05, 0) is 44.0 Å². The van der Waals surface area contributed by atoms with E-state index in [0.717, 1.165) is 35.7 Å². The second kappa shape index (κ2) is 8.08. The van der Waals surface area contributed by atoms with E-state index in [4.69, 9.17) is 9.47 Å². The minimum Gasteiger partial charge on any atom is -0.493 e. The summed E-state index contributed by atoms with van der Waals surface area (Å²) in [6.07, 6.45) is 4.51. The number of methoxy groups -OCH3 is 2. The fourth-order valence-electron chi connectivity index (χ4n) is 3.66. The van der Waals surface area contributed by atoms with Gasteiger partial charge >= 0.3 is 0 Å². The Labute approximate surface area is 174 Å². The van der Waals surface area contributed by atoms with Gasteiger partial charge < -0.3 is 19.7 Å². The van der Waals surface area contributed by atoms with Crippen LogP contribution in [0.2, 0.25) is 0 Å². The highest BCUT2D eigenvalue weighted by atomic mass is 32.2. The average Bonchev–Trinajstić information content (AvgIpc) is 3.41. The summed E-state index contributed by atoms with van der Waals surface area (Å²) in [5.74, 6) is 5.08. The second-order valence-electron chi connectivity index (χ2n) is 7.34. The fourth-order valence-corrected chi connectivity index (χ4v) is 5.21. The molecule has 154 valence electrons. The van der Waals surface area contributed by atoms with Crippen LogP contribution >= 0.6 is 11.8 Å². The van der Waals surface area contributed by atoms with E-state index >= 15 is 0 Å². The molecule has 1 atom stereocenters. The summed E-state index contributed by atoms with van der Waals surface area (Å²) in [4.78, 5) is 11.0. The Kier molecular flexibility index (Phi) is 5.51. The monoisotopic (exact) mass is 414 g/mol. The lowest BCUT2D eigenvalue weighted by Crippen LogP contribution is -2.50. The van der Waals surface area contributed by atoms with Gasteiger partial charge in [0, 0.05) is 29.6 Å². The number of likely N-dealkylation sites (N-methyl/N-ethyl adjacent to an activating group) is 1. The molecule has 0 saturated carbocycles. The molecular formula is C20H26N6O2S. The SMILES string of the molecule is COc1ccc(-c2cnc3ncnn3c2NC[C@@]2(N(C)C)CCSC2)cc1OC. The van der Waals surface area contributed by atoms with E-state index in [1.54, 1.807) is 18.7 Å². The Morgan fingerprint density at radius 2 is 2.03 bits per heavy atom. The van der Waals surface area contributed by atoms with Crippen LogP contribution in [0.3, 0.4) is 0 Å². The molecule has 8 nitrogen and oxygen atoms in total. The van der Waals surface area contributed by atoms with Crippen molar-refractivity contribution in [1.29, 1.82) is 0 Å². The van der Waals surface area contributed by atoms with Crippen LogP contribution in [0.4, 0.5) is 5.82 Å². The molecule has 0 aliphatic carbocycles. The van der Waals surface area contributed by atoms with Crippen molar-refractivity contribution in [1.82, 2.24) is 24.5 Å². The van der Waals surface area contributed by atoms with Gasteiger partial charge in [0.15, 0.2) is 11.5 Å². The Morgan fingerprint density at radius 3 is 2.72 bits per heavy atom. The molecule has 0 bridgehead atoms. The number of anilines is 1. The van der Waals surface area contributed by atoms with Crippen molar-refractivity contribution in [3.63, 3.8) is 0 Å². The predicted octanol–water partition coefficient (Wildman–Crippen LogP) is 2.66. The normalized spacial score (nSPS) is 19.1. The molecule has 1 saturated heterocycles. The van der Waals surface area contributed by atoms with Gasteiger partial charge in [-0.1, -0.05) is 6.07 Å². The maximum absolute atomic E-state index is 5.49. The lowest BCUT2D eigenvalue weighted by Gasteiger charge is -2.36. The number of thioether (sulfide) groups is 1. The summed E-state index contributed by atoms with van der Waals surface area (Å²) >= 11 is 2.00. The molecule has 0 radical (unpaired) electrons. The zero-order chi connectivity index (χ0) is 20.4. The van der Waals surface area contributed by atoms with Crippen LogP contribution in [0.25, 0.3) is 16.9 Å². The lowest BCUT2D eigenvalue weighted by molar-refractivity contribution is 0.195. The molecule has 3 aromatic rings. The summed E-state index contributed by atoms with van der Waals surface area (Å²) in [6, 6.07) is 5.86. The molecule has 3 heterocycles. The first-order valence-corrected chi connectivity index (χ1v) is 10.6. The Hall–Kier alpha value is -2.52. The third-order valence-electron chi connectivity index (χ3n) is 5.62. The second-order valence-corrected chi connectivity index (χ2v) is 8.44. The number of rotatable bonds is 7. The van der Waals surface area contributed by atoms with Crippen LogP contribution in [0.15, 0.2) is 30.7 Å². The zero-order valence-electron chi connectivity index (χ0n) is 17.2. The van der Waals surface area contributed by atoms with E-state index < -0.39 is 0 Å². The van der Waals surface area contributed by atoms with Gasteiger partial charge in [-0.25, -0.2) is 4.98 Å². The number of nitrogens with one attached hydrogen (secondary N) is 1. The molecule has 1 aromatic carbocycles. The summed E-state index contributed by atoms with van der Waals surface area (Å²) in [5.41, 5.74) is 2.01. The lowest BCUT2D eigenvalue weighted by atomic mass is 9.97. The topological polar surface area (TPSA) is 76.8 Å². The minimum atomic E-state index is 0.107. The van der Waals surface area contributed by atoms with Crippen molar-refractivity contribution in [2.45, 2.75) is 12.0 Å². The highest BCUT2D eigenvalue weighted by Gasteiger charge is 2.36. The smallest absolute Gasteiger partial charge is 0.254 e. The number of benzene rings is 1. The largest absolute Gasteiger partial charge is 0.493 e. The van der Waals surface area contributed by atoms with Crippen molar-refractivity contribution < 1.29 is 9.47 Å². The molecule has 4 rings (SSSR count). The Balaban J connectivity index is 1.76. The summed E-state index contributed by atoms with van der Waals surface area (Å²) in [6.45, 7) is 0.812. The van der Waals surface area contributed by atoms with Crippen LogP contribution < -0.4 is 14.8 Å². The van der Waals surface area contributed by atoms with E-state index in [1.165, 1.54) is 12.1 Å². The molecule has 0 unspecified atom stereocenters. The van der Waals surface area contributed by atoms with Crippen molar-refractivity contribution in [2.75, 3.05) is 51.7 Å². The van der Waals surface area contributed by atoms with E-state index in [9.17, 15) is 0 Å². The minimum absolute atomic E-state index is 0.107. The molecule has 1 aliphatic rings. The maximum atomic E-state index is 5.49. The number of aromatic nitrogens is 4. The molecule has 29 heavy (non-hydrogen) atoms. The van der Waals surface area contributed by atoms with Crippen LogP contribution in [0.1, 0.15) is 6.42 Å². The Morgan fingerprint density at radius 1 is 1.21 bits per heavy atom. The molecule has 0 spiro atoms. The molecule has 9 heteroatoms. The quantitative estimate of drug-likeness (QED) is 0.632. The molecule has 0 amide bonds. The summed E-state index contributed by atoms with van der Waals surface area (Å²) in [7, 11) is 7.58. The molecule has 1 aliphatic heterocycles. The molecule has 1 fully saturated rings. The van der Waals surface area contributed by atoms with E-state index in [0.29, 0.717) is 17.3 Å². The van der Waals surface area contributed by atoms with Gasteiger partial charge in [-0.2, -0.15) is 26.4 Å². The average molecular weight is 415 g/mol. The maximum Gasteiger partial charge on any atom is 0.254 e. The first kappa shape index (κ1) is 19.8. The number of nitrogens with zero attached hydrogens (tertiary/aromatic N) is 5. The van der Waals surface area contributed by atoms with Gasteiger partial charge in [-0.3, -0.25) is 0 Å². The molecule has 1 N–H and O–H groups in total. The van der Waals surface area contributed by atoms with Crippen LogP contribution in [-0.4, -0.2) is 76.4 Å². The predicted molar refractivity (Wildman–Crippen MR) is 116 cm³/mol. The van der Waals surface area contributed by atoms with E-state index in [-0.39, 0.29) is 5.54 Å². The van der Waals surface area contributed by atoms with Gasteiger partial charge in [-0.15, -0.1) is 0 Å². The van der Waals surface area contributed by atoms with Crippen molar-refractivity contribution in [3.05, 3.63) is 30.7 Å². The van der Waals surface area contributed by atoms with E-state index in [2.05, 4.69) is 39.4 Å². The standard InChI is InChI=1S/C20H26N6O2S/c1-25(2)20(7-8-29-12-20)11-22-18-15(10-21-19-23-13-24-26(18)19)14-5-6-16(27-3)17(9-14)28-4/h5-6,9-10,13,22H,7-8,11-12H2,1-4H3/t20-/m0/s1. The van der Waals surface area contributed by atoms with Crippen LogP contribution in [0, 0.1) is 0 Å². The van der Waals surface area contributed by atoms with Gasteiger partial charge in [0.25, 0.3) is 5.78 Å². The third-order valence-corrected chi connectivity index (χ3v) is 6.85.